The maximum atomic E-state index is 3.57. The number of hydrogen-bond donors (Lipinski definition) is 1. The van der Waals surface area contributed by atoms with Gasteiger partial charge in [-0.15, -0.1) is 0 Å². The van der Waals surface area contributed by atoms with Crippen molar-refractivity contribution in [3.05, 3.63) is 42.0 Å². The van der Waals surface area contributed by atoms with Gasteiger partial charge in [0.1, 0.15) is 0 Å². The summed E-state index contributed by atoms with van der Waals surface area (Å²) in [5.74, 6) is 0. The van der Waals surface area contributed by atoms with Gasteiger partial charge in [0.25, 0.3) is 0 Å². The Balaban J connectivity index is 2.00. The molecule has 1 heteroatoms. The molecular formula is C14H19N. The van der Waals surface area contributed by atoms with Gasteiger partial charge in [-0.1, -0.05) is 36.8 Å². The van der Waals surface area contributed by atoms with Crippen LogP contribution in [0.4, 0.5) is 5.69 Å². The van der Waals surface area contributed by atoms with Crippen LogP contribution in [0.15, 0.2) is 42.0 Å². The Morgan fingerprint density at radius 3 is 2.80 bits per heavy atom. The van der Waals surface area contributed by atoms with E-state index in [9.17, 15) is 0 Å². The molecule has 0 radical (unpaired) electrons. The summed E-state index contributed by atoms with van der Waals surface area (Å²) in [7, 11) is 0. The van der Waals surface area contributed by atoms with Crippen LogP contribution in [0, 0.1) is 0 Å². The van der Waals surface area contributed by atoms with E-state index < -0.39 is 0 Å². The van der Waals surface area contributed by atoms with Crippen molar-refractivity contribution < 1.29 is 0 Å². The van der Waals surface area contributed by atoms with Crippen LogP contribution in [-0.4, -0.2) is 6.04 Å². The van der Waals surface area contributed by atoms with Crippen molar-refractivity contribution in [1.29, 1.82) is 0 Å². The molecule has 1 nitrogen and oxygen atoms in total. The summed E-state index contributed by atoms with van der Waals surface area (Å²) in [6.45, 7) is 2.25. The van der Waals surface area contributed by atoms with Crippen molar-refractivity contribution in [2.45, 2.75) is 38.6 Å². The van der Waals surface area contributed by atoms with Gasteiger partial charge < -0.3 is 5.32 Å². The second-order valence-electron chi connectivity index (χ2n) is 4.19. The van der Waals surface area contributed by atoms with E-state index in [1.165, 1.54) is 31.4 Å². The lowest BCUT2D eigenvalue weighted by Gasteiger charge is -2.22. The maximum Gasteiger partial charge on any atom is 0.0447 e. The zero-order valence-electron chi connectivity index (χ0n) is 9.37. The van der Waals surface area contributed by atoms with Crippen molar-refractivity contribution >= 4 is 5.69 Å². The Kier molecular flexibility index (Phi) is 3.44. The van der Waals surface area contributed by atoms with Gasteiger partial charge in [0.15, 0.2) is 0 Å². The van der Waals surface area contributed by atoms with E-state index in [0.29, 0.717) is 6.04 Å². The molecule has 0 aromatic heterocycles. The third-order valence-corrected chi connectivity index (χ3v) is 3.03. The fraction of sp³-hybridized carbons (Fsp3) is 0.429. The summed E-state index contributed by atoms with van der Waals surface area (Å²) in [5.41, 5.74) is 2.84. The highest BCUT2D eigenvalue weighted by Crippen LogP contribution is 2.22. The van der Waals surface area contributed by atoms with Crippen LogP contribution in [0.25, 0.3) is 0 Å². The Labute approximate surface area is 92.2 Å². The molecule has 0 fully saturated rings. The zero-order chi connectivity index (χ0) is 10.5. The van der Waals surface area contributed by atoms with Crippen LogP contribution >= 0.6 is 0 Å². The SMILES string of the molecule is CCC1=CC(Nc2ccccc2)CCC1. The number of hydrogen-bond acceptors (Lipinski definition) is 1. The molecule has 1 aliphatic rings. The van der Waals surface area contributed by atoms with Crippen LogP contribution in [0.2, 0.25) is 0 Å². The van der Waals surface area contributed by atoms with Crippen LogP contribution in [-0.2, 0) is 0 Å². The van der Waals surface area contributed by atoms with Crippen LogP contribution in [0.3, 0.4) is 0 Å². The predicted octanol–water partition coefficient (Wildman–Crippen LogP) is 3.99. The maximum absolute atomic E-state index is 3.57. The van der Waals surface area contributed by atoms with Gasteiger partial charge in [-0.05, 0) is 37.8 Å². The summed E-state index contributed by atoms with van der Waals surface area (Å²) >= 11 is 0. The minimum absolute atomic E-state index is 0.538. The van der Waals surface area contributed by atoms with Crippen LogP contribution in [0.1, 0.15) is 32.6 Å². The van der Waals surface area contributed by atoms with Crippen LogP contribution in [0.5, 0.6) is 0 Å². The van der Waals surface area contributed by atoms with E-state index >= 15 is 0 Å². The van der Waals surface area contributed by atoms with Gasteiger partial charge in [-0.2, -0.15) is 0 Å². The fourth-order valence-electron chi connectivity index (χ4n) is 2.16. The van der Waals surface area contributed by atoms with Gasteiger partial charge in [0, 0.05) is 11.7 Å². The Hall–Kier alpha value is -1.24. The molecule has 0 amide bonds. The minimum atomic E-state index is 0.538. The van der Waals surface area contributed by atoms with Crippen LogP contribution < -0.4 is 5.32 Å². The average molecular weight is 201 g/mol. The molecule has 0 saturated heterocycles. The normalized spacial score (nSPS) is 20.9. The lowest BCUT2D eigenvalue weighted by molar-refractivity contribution is 0.639. The van der Waals surface area contributed by atoms with E-state index in [2.05, 4.69) is 48.6 Å². The smallest absolute Gasteiger partial charge is 0.0447 e. The molecule has 0 heterocycles. The molecule has 0 bridgehead atoms. The van der Waals surface area contributed by atoms with Crippen molar-refractivity contribution in [1.82, 2.24) is 0 Å². The van der Waals surface area contributed by atoms with Crippen molar-refractivity contribution in [3.8, 4) is 0 Å². The lowest BCUT2D eigenvalue weighted by Crippen LogP contribution is -2.20. The first-order valence-electron chi connectivity index (χ1n) is 5.89. The summed E-state index contributed by atoms with van der Waals surface area (Å²) in [6, 6.07) is 11.0. The lowest BCUT2D eigenvalue weighted by atomic mass is 9.94. The molecule has 2 rings (SSSR count). The topological polar surface area (TPSA) is 12.0 Å². The minimum Gasteiger partial charge on any atom is -0.379 e. The monoisotopic (exact) mass is 201 g/mol. The summed E-state index contributed by atoms with van der Waals surface area (Å²) < 4.78 is 0. The second kappa shape index (κ2) is 5.01. The highest BCUT2D eigenvalue weighted by atomic mass is 14.9. The average Bonchev–Trinajstić information content (AvgIpc) is 2.31. The molecule has 15 heavy (non-hydrogen) atoms. The van der Waals surface area contributed by atoms with E-state index in [1.54, 1.807) is 5.57 Å². The van der Waals surface area contributed by atoms with E-state index in [-0.39, 0.29) is 0 Å². The molecule has 1 aliphatic carbocycles. The third kappa shape index (κ3) is 2.85. The quantitative estimate of drug-likeness (QED) is 0.729. The Bertz CT molecular complexity index is 326. The molecule has 0 spiro atoms. The molecular weight excluding hydrogens is 182 g/mol. The summed E-state index contributed by atoms with van der Waals surface area (Å²) in [5, 5.41) is 3.57. The molecule has 1 aromatic carbocycles. The largest absolute Gasteiger partial charge is 0.379 e. The van der Waals surface area contributed by atoms with Gasteiger partial charge in [0.2, 0.25) is 0 Å². The first-order valence-corrected chi connectivity index (χ1v) is 5.89. The van der Waals surface area contributed by atoms with Crippen molar-refractivity contribution in [2.75, 3.05) is 5.32 Å². The Morgan fingerprint density at radius 1 is 1.27 bits per heavy atom. The highest BCUT2D eigenvalue weighted by molar-refractivity contribution is 5.44. The molecule has 0 saturated carbocycles. The Morgan fingerprint density at radius 2 is 2.07 bits per heavy atom. The molecule has 0 aliphatic heterocycles. The number of allylic oxidation sites excluding steroid dienone is 1. The number of nitrogens with one attached hydrogen (secondary N) is 1. The molecule has 80 valence electrons. The standard InChI is InChI=1S/C14H19N/c1-2-12-7-6-10-14(11-12)15-13-8-4-3-5-9-13/h3-5,8-9,11,14-15H,2,6-7,10H2,1H3. The molecule has 1 aromatic rings. The van der Waals surface area contributed by atoms with Gasteiger partial charge in [0.05, 0.1) is 0 Å². The summed E-state index contributed by atoms with van der Waals surface area (Å²) in [6.07, 6.45) is 7.50. The van der Waals surface area contributed by atoms with Gasteiger partial charge >= 0.3 is 0 Å². The number of anilines is 1. The number of rotatable bonds is 3. The first kappa shape index (κ1) is 10.3. The second-order valence-corrected chi connectivity index (χ2v) is 4.19. The van der Waals surface area contributed by atoms with Crippen molar-refractivity contribution in [2.24, 2.45) is 0 Å². The van der Waals surface area contributed by atoms with Gasteiger partial charge in [-0.25, -0.2) is 0 Å². The van der Waals surface area contributed by atoms with E-state index in [1.807, 2.05) is 0 Å². The molecule has 1 atom stereocenters. The predicted molar refractivity (Wildman–Crippen MR) is 66.1 cm³/mol. The molecule has 1 N–H and O–H groups in total. The molecule has 1 unspecified atom stereocenters. The number of para-hydroxylation sites is 1. The van der Waals surface area contributed by atoms with E-state index in [4.69, 9.17) is 0 Å². The fourth-order valence-corrected chi connectivity index (χ4v) is 2.16. The van der Waals surface area contributed by atoms with E-state index in [0.717, 1.165) is 0 Å². The first-order chi connectivity index (χ1) is 7.38. The number of benzene rings is 1. The zero-order valence-corrected chi connectivity index (χ0v) is 9.37. The van der Waals surface area contributed by atoms with Crippen molar-refractivity contribution in [3.63, 3.8) is 0 Å². The highest BCUT2D eigenvalue weighted by Gasteiger charge is 2.11. The summed E-state index contributed by atoms with van der Waals surface area (Å²) in [4.78, 5) is 0. The third-order valence-electron chi connectivity index (χ3n) is 3.03. The van der Waals surface area contributed by atoms with Gasteiger partial charge in [-0.3, -0.25) is 0 Å².